The minimum Gasteiger partial charge on any atom is -0.346 e. The van der Waals surface area contributed by atoms with Gasteiger partial charge in [0.2, 0.25) is 0 Å². The lowest BCUT2D eigenvalue weighted by molar-refractivity contribution is 0.575. The number of hydrogen-bond donors (Lipinski definition) is 2. The molecule has 0 saturated carbocycles. The van der Waals surface area contributed by atoms with E-state index in [1.54, 1.807) is 0 Å². The van der Waals surface area contributed by atoms with E-state index in [1.165, 1.54) is 22.3 Å². The minimum atomic E-state index is 0.321. The van der Waals surface area contributed by atoms with E-state index < -0.39 is 0 Å². The summed E-state index contributed by atoms with van der Waals surface area (Å²) in [5.41, 5.74) is 5.95. The zero-order valence-electron chi connectivity index (χ0n) is 14.2. The van der Waals surface area contributed by atoms with Crippen LogP contribution in [0.2, 0.25) is 0 Å². The summed E-state index contributed by atoms with van der Waals surface area (Å²) in [6.45, 7) is 3.04. The molecule has 0 radical (unpaired) electrons. The van der Waals surface area contributed by atoms with Crippen molar-refractivity contribution in [2.75, 3.05) is 0 Å². The highest BCUT2D eigenvalue weighted by molar-refractivity contribution is 5.92. The first-order valence-electron chi connectivity index (χ1n) is 8.61. The van der Waals surface area contributed by atoms with Crippen molar-refractivity contribution >= 4 is 11.0 Å². The maximum atomic E-state index is 4.38. The molecule has 1 unspecified atom stereocenters. The molecular weight excluding hydrogens is 306 g/mol. The van der Waals surface area contributed by atoms with Crippen LogP contribution in [0, 0.1) is 0 Å². The highest BCUT2D eigenvalue weighted by Crippen LogP contribution is 2.27. The summed E-state index contributed by atoms with van der Waals surface area (Å²) in [5.74, 6) is 0. The largest absolute Gasteiger partial charge is 0.346 e. The topological polar surface area (TPSA) is 40.7 Å². The minimum absolute atomic E-state index is 0.321. The number of hydrogen-bond acceptors (Lipinski definition) is 2. The Kier molecular flexibility index (Phi) is 4.32. The molecule has 0 fully saturated rings. The van der Waals surface area contributed by atoms with E-state index in [9.17, 15) is 0 Å². The molecule has 0 bridgehead atoms. The molecule has 0 spiro atoms. The highest BCUT2D eigenvalue weighted by Gasteiger charge is 2.07. The van der Waals surface area contributed by atoms with Crippen LogP contribution in [0.25, 0.3) is 22.2 Å². The van der Waals surface area contributed by atoms with Crippen LogP contribution < -0.4 is 5.32 Å². The van der Waals surface area contributed by atoms with Gasteiger partial charge in [0.1, 0.15) is 5.65 Å². The summed E-state index contributed by atoms with van der Waals surface area (Å²) in [5, 5.41) is 4.77. The second-order valence-corrected chi connectivity index (χ2v) is 6.31. The third-order valence-corrected chi connectivity index (χ3v) is 4.61. The van der Waals surface area contributed by atoms with Gasteiger partial charge in [0.05, 0.1) is 0 Å². The first kappa shape index (κ1) is 15.6. The summed E-state index contributed by atoms with van der Waals surface area (Å²) in [7, 11) is 0. The average Bonchev–Trinajstić information content (AvgIpc) is 3.16. The molecule has 25 heavy (non-hydrogen) atoms. The summed E-state index contributed by atoms with van der Waals surface area (Å²) in [6.07, 6.45) is 3.80. The Balaban J connectivity index is 1.55. The Morgan fingerprint density at radius 1 is 1.00 bits per heavy atom. The van der Waals surface area contributed by atoms with Crippen LogP contribution in [-0.4, -0.2) is 9.97 Å². The van der Waals surface area contributed by atoms with Crippen molar-refractivity contribution in [2.45, 2.75) is 19.5 Å². The van der Waals surface area contributed by atoms with Crippen LogP contribution in [0.4, 0.5) is 0 Å². The molecule has 1 atom stereocenters. The molecular formula is C22H21N3. The van der Waals surface area contributed by atoms with Crippen molar-refractivity contribution in [3.8, 4) is 11.1 Å². The van der Waals surface area contributed by atoms with Crippen molar-refractivity contribution in [3.05, 3.63) is 90.3 Å². The first-order chi connectivity index (χ1) is 12.3. The summed E-state index contributed by atoms with van der Waals surface area (Å²) in [6, 6.07) is 23.7. The number of H-pyrrole nitrogens is 1. The molecule has 0 saturated heterocycles. The van der Waals surface area contributed by atoms with E-state index in [0.29, 0.717) is 6.04 Å². The molecule has 0 aliphatic rings. The lowest BCUT2D eigenvalue weighted by Gasteiger charge is -2.15. The van der Waals surface area contributed by atoms with Crippen LogP contribution in [0.3, 0.4) is 0 Å². The molecule has 0 aliphatic carbocycles. The average molecular weight is 327 g/mol. The number of nitrogens with zero attached hydrogens (tertiary/aromatic N) is 1. The molecule has 2 N–H and O–H groups in total. The fraction of sp³-hybridized carbons (Fsp3) is 0.136. The Morgan fingerprint density at radius 3 is 2.76 bits per heavy atom. The smallest absolute Gasteiger partial charge is 0.137 e. The van der Waals surface area contributed by atoms with Crippen molar-refractivity contribution < 1.29 is 0 Å². The van der Waals surface area contributed by atoms with Gasteiger partial charge < -0.3 is 10.3 Å². The molecule has 3 nitrogen and oxygen atoms in total. The third kappa shape index (κ3) is 3.32. The number of rotatable bonds is 5. The first-order valence-corrected chi connectivity index (χ1v) is 8.61. The Bertz CT molecular complexity index is 973. The highest BCUT2D eigenvalue weighted by atomic mass is 14.9. The van der Waals surface area contributed by atoms with Gasteiger partial charge >= 0.3 is 0 Å². The molecule has 2 aromatic heterocycles. The molecule has 4 aromatic rings. The van der Waals surface area contributed by atoms with Gasteiger partial charge in [-0.25, -0.2) is 4.98 Å². The summed E-state index contributed by atoms with van der Waals surface area (Å²) < 4.78 is 0. The maximum absolute atomic E-state index is 4.38. The van der Waals surface area contributed by atoms with E-state index in [0.717, 1.165) is 17.6 Å². The molecule has 3 heteroatoms. The predicted molar refractivity (Wildman–Crippen MR) is 103 cm³/mol. The molecule has 2 heterocycles. The van der Waals surface area contributed by atoms with Crippen molar-refractivity contribution in [3.63, 3.8) is 0 Å². The maximum Gasteiger partial charge on any atom is 0.137 e. The zero-order valence-corrected chi connectivity index (χ0v) is 14.2. The van der Waals surface area contributed by atoms with Crippen LogP contribution >= 0.6 is 0 Å². The number of fused-ring (bicyclic) bond motifs is 1. The van der Waals surface area contributed by atoms with Gasteiger partial charge in [0.15, 0.2) is 0 Å². The van der Waals surface area contributed by atoms with Crippen LogP contribution in [0.15, 0.2) is 79.1 Å². The zero-order chi connectivity index (χ0) is 17.1. The van der Waals surface area contributed by atoms with Gasteiger partial charge in [-0.2, -0.15) is 0 Å². The second kappa shape index (κ2) is 6.91. The number of aromatic nitrogens is 2. The SMILES string of the molecule is CC(NCc1cccc(-c2ccnc3[nH]ccc23)c1)c1ccccc1. The lowest BCUT2D eigenvalue weighted by atomic mass is 10.0. The van der Waals surface area contributed by atoms with Gasteiger partial charge in [-0.15, -0.1) is 0 Å². The Labute approximate surface area is 147 Å². The third-order valence-electron chi connectivity index (χ3n) is 4.61. The van der Waals surface area contributed by atoms with Crippen molar-refractivity contribution in [1.82, 2.24) is 15.3 Å². The Hall–Kier alpha value is -2.91. The standard InChI is InChI=1S/C22H21N3/c1-16(18-7-3-2-4-8-18)25-15-17-6-5-9-19(14-17)20-10-12-23-22-21(20)11-13-24-22/h2-14,16,25H,15H2,1H3,(H,23,24). The fourth-order valence-corrected chi connectivity index (χ4v) is 3.19. The number of pyridine rings is 1. The predicted octanol–water partition coefficient (Wildman–Crippen LogP) is 5.08. The van der Waals surface area contributed by atoms with Gasteiger partial charge in [-0.3, -0.25) is 0 Å². The van der Waals surface area contributed by atoms with Gasteiger partial charge in [-0.05, 0) is 47.4 Å². The lowest BCUT2D eigenvalue weighted by Crippen LogP contribution is -2.17. The monoisotopic (exact) mass is 327 g/mol. The normalized spacial score (nSPS) is 12.4. The van der Waals surface area contributed by atoms with Crippen LogP contribution in [0.5, 0.6) is 0 Å². The number of aromatic amines is 1. The van der Waals surface area contributed by atoms with E-state index >= 15 is 0 Å². The number of nitrogens with one attached hydrogen (secondary N) is 2. The molecule has 0 amide bonds. The van der Waals surface area contributed by atoms with Crippen molar-refractivity contribution in [2.24, 2.45) is 0 Å². The van der Waals surface area contributed by atoms with E-state index in [-0.39, 0.29) is 0 Å². The second-order valence-electron chi connectivity index (χ2n) is 6.31. The number of benzene rings is 2. The molecule has 124 valence electrons. The molecule has 0 aliphatic heterocycles. The van der Waals surface area contributed by atoms with Gasteiger partial charge in [-0.1, -0.05) is 48.5 Å². The van der Waals surface area contributed by atoms with Crippen molar-refractivity contribution in [1.29, 1.82) is 0 Å². The van der Waals surface area contributed by atoms with Gasteiger partial charge in [0, 0.05) is 30.4 Å². The molecule has 4 rings (SSSR count). The van der Waals surface area contributed by atoms with Crippen LogP contribution in [-0.2, 0) is 6.54 Å². The van der Waals surface area contributed by atoms with E-state index in [1.807, 2.05) is 12.4 Å². The van der Waals surface area contributed by atoms with E-state index in [4.69, 9.17) is 0 Å². The summed E-state index contributed by atoms with van der Waals surface area (Å²) >= 11 is 0. The van der Waals surface area contributed by atoms with Gasteiger partial charge in [0.25, 0.3) is 0 Å². The molecule has 2 aromatic carbocycles. The van der Waals surface area contributed by atoms with E-state index in [2.05, 4.69) is 88.9 Å². The quantitative estimate of drug-likeness (QED) is 0.536. The fourth-order valence-electron chi connectivity index (χ4n) is 3.19. The summed E-state index contributed by atoms with van der Waals surface area (Å²) in [4.78, 5) is 7.55. The van der Waals surface area contributed by atoms with Crippen LogP contribution in [0.1, 0.15) is 24.1 Å². The Morgan fingerprint density at radius 2 is 1.88 bits per heavy atom.